The van der Waals surface area contributed by atoms with Crippen molar-refractivity contribution >= 4 is 66.9 Å². The number of aromatic nitrogens is 1. The van der Waals surface area contributed by atoms with Crippen LogP contribution in [0.3, 0.4) is 0 Å². The van der Waals surface area contributed by atoms with Gasteiger partial charge in [0.25, 0.3) is 5.91 Å². The van der Waals surface area contributed by atoms with Gasteiger partial charge in [-0.15, -0.1) is 45.9 Å². The number of anilines is 1. The first-order valence-corrected chi connectivity index (χ1v) is 12.8. The van der Waals surface area contributed by atoms with Gasteiger partial charge < -0.3 is 0 Å². The predicted molar refractivity (Wildman–Crippen MR) is 120 cm³/mol. The number of hydrogen-bond acceptors (Lipinski definition) is 6. The highest BCUT2D eigenvalue weighted by Crippen LogP contribution is 2.28. The Labute approximate surface area is 187 Å². The smallest absolute Gasteiger partial charge is 0.257 e. The first-order chi connectivity index (χ1) is 14.0. The van der Waals surface area contributed by atoms with Crippen LogP contribution < -0.4 is 5.32 Å². The first-order valence-electron chi connectivity index (χ1n) is 8.48. The summed E-state index contributed by atoms with van der Waals surface area (Å²) in [5.74, 6) is -0.0325. The number of hydrogen-bond donors (Lipinski definition) is 1. The summed E-state index contributed by atoms with van der Waals surface area (Å²) in [6, 6.07) is 9.64. The number of halogens is 2. The molecule has 3 rings (SSSR count). The van der Waals surface area contributed by atoms with Gasteiger partial charge in [0.15, 0.2) is 5.13 Å². The molecule has 0 aliphatic rings. The molecule has 0 spiro atoms. The molecule has 0 aliphatic carbocycles. The fourth-order valence-electron chi connectivity index (χ4n) is 2.51. The normalized spacial score (nSPS) is 11.7. The van der Waals surface area contributed by atoms with Crippen molar-refractivity contribution in [2.75, 3.05) is 30.2 Å². The largest absolute Gasteiger partial charge is 0.298 e. The zero-order valence-corrected chi connectivity index (χ0v) is 19.0. The second-order valence-corrected chi connectivity index (χ2v) is 10.3. The van der Waals surface area contributed by atoms with Crippen LogP contribution in [0.4, 0.5) is 5.13 Å². The Kier molecular flexibility index (Phi) is 7.66. The molecule has 29 heavy (non-hydrogen) atoms. The van der Waals surface area contributed by atoms with E-state index < -0.39 is 10.0 Å². The summed E-state index contributed by atoms with van der Waals surface area (Å²) in [5.41, 5.74) is 1.14. The fraction of sp³-hybridized carbons (Fsp3) is 0.222. The number of alkyl halides is 2. The van der Waals surface area contributed by atoms with E-state index >= 15 is 0 Å². The summed E-state index contributed by atoms with van der Waals surface area (Å²) in [6.45, 7) is 0.324. The van der Waals surface area contributed by atoms with Crippen molar-refractivity contribution in [1.82, 2.24) is 9.29 Å². The maximum Gasteiger partial charge on any atom is 0.257 e. The number of amides is 1. The Morgan fingerprint density at radius 1 is 1.07 bits per heavy atom. The van der Waals surface area contributed by atoms with Crippen molar-refractivity contribution in [1.29, 1.82) is 0 Å². The van der Waals surface area contributed by atoms with Crippen LogP contribution in [-0.4, -0.2) is 48.5 Å². The number of carbonyl (C=O) groups excluding carboxylic acids is 1. The molecule has 0 saturated heterocycles. The van der Waals surface area contributed by atoms with E-state index in [4.69, 9.17) is 23.2 Å². The van der Waals surface area contributed by atoms with Crippen LogP contribution in [0.5, 0.6) is 0 Å². The molecule has 0 aliphatic heterocycles. The Morgan fingerprint density at radius 3 is 2.34 bits per heavy atom. The third-order valence-electron chi connectivity index (χ3n) is 3.92. The third kappa shape index (κ3) is 5.36. The quantitative estimate of drug-likeness (QED) is 0.445. The maximum absolute atomic E-state index is 12.7. The van der Waals surface area contributed by atoms with Crippen molar-refractivity contribution in [3.63, 3.8) is 0 Å². The van der Waals surface area contributed by atoms with Crippen LogP contribution in [0.15, 0.2) is 52.1 Å². The van der Waals surface area contributed by atoms with Crippen LogP contribution >= 0.6 is 45.9 Å². The molecule has 2 aromatic heterocycles. The molecule has 3 aromatic rings. The topological polar surface area (TPSA) is 79.4 Å². The lowest BCUT2D eigenvalue weighted by atomic mass is 10.2. The van der Waals surface area contributed by atoms with E-state index in [-0.39, 0.29) is 35.7 Å². The molecule has 0 saturated carbocycles. The Hall–Kier alpha value is -1.49. The average molecular weight is 490 g/mol. The van der Waals surface area contributed by atoms with Gasteiger partial charge in [0, 0.05) is 35.8 Å². The molecule has 0 radical (unpaired) electrons. The molecule has 0 atom stereocenters. The summed E-state index contributed by atoms with van der Waals surface area (Å²) in [5, 5.41) is 7.05. The number of benzene rings is 1. The molecule has 0 bridgehead atoms. The lowest BCUT2D eigenvalue weighted by Gasteiger charge is -2.20. The van der Waals surface area contributed by atoms with Crippen molar-refractivity contribution in [2.24, 2.45) is 0 Å². The summed E-state index contributed by atoms with van der Waals surface area (Å²) in [7, 11) is -3.72. The lowest BCUT2D eigenvalue weighted by molar-refractivity contribution is 0.102. The van der Waals surface area contributed by atoms with E-state index in [9.17, 15) is 13.2 Å². The number of thiophene rings is 1. The number of sulfonamides is 1. The zero-order chi connectivity index (χ0) is 20.9. The maximum atomic E-state index is 12.7. The number of nitrogens with zero attached hydrogens (tertiary/aromatic N) is 2. The summed E-state index contributed by atoms with van der Waals surface area (Å²) in [6.07, 6.45) is 0. The van der Waals surface area contributed by atoms with Gasteiger partial charge >= 0.3 is 0 Å². The highest BCUT2D eigenvalue weighted by molar-refractivity contribution is 7.89. The van der Waals surface area contributed by atoms with Gasteiger partial charge in [-0.2, -0.15) is 4.31 Å². The Bertz CT molecular complexity index is 1050. The lowest BCUT2D eigenvalue weighted by Crippen LogP contribution is -2.34. The number of carbonyl (C=O) groups is 1. The first kappa shape index (κ1) is 22.2. The molecular weight excluding hydrogens is 473 g/mol. The predicted octanol–water partition coefficient (Wildman–Crippen LogP) is 4.59. The summed E-state index contributed by atoms with van der Waals surface area (Å²) < 4.78 is 26.6. The van der Waals surface area contributed by atoms with Crippen LogP contribution in [0.2, 0.25) is 0 Å². The molecule has 1 aromatic carbocycles. The van der Waals surface area contributed by atoms with E-state index in [0.717, 1.165) is 10.6 Å². The van der Waals surface area contributed by atoms with E-state index in [0.29, 0.717) is 10.7 Å². The summed E-state index contributed by atoms with van der Waals surface area (Å²) in [4.78, 5) is 18.0. The van der Waals surface area contributed by atoms with E-state index in [1.54, 1.807) is 11.3 Å². The van der Waals surface area contributed by atoms with Gasteiger partial charge in [-0.1, -0.05) is 6.07 Å². The third-order valence-corrected chi connectivity index (χ3v) is 7.82. The zero-order valence-electron chi connectivity index (χ0n) is 15.0. The van der Waals surface area contributed by atoms with Crippen molar-refractivity contribution < 1.29 is 13.2 Å². The molecule has 1 N–H and O–H groups in total. The van der Waals surface area contributed by atoms with E-state index in [2.05, 4.69) is 10.3 Å². The monoisotopic (exact) mass is 489 g/mol. The van der Waals surface area contributed by atoms with Crippen LogP contribution in [0.1, 0.15) is 10.4 Å². The average Bonchev–Trinajstić information content (AvgIpc) is 3.39. The standard InChI is InChI=1S/C18H17Cl2N3O3S3/c19-7-9-23(10-8-20)29(25,26)14-5-3-13(4-6-14)17(24)22-18-21-15(12-28-18)16-2-1-11-27-16/h1-6,11-12H,7-10H2,(H,21,22,24). The highest BCUT2D eigenvalue weighted by atomic mass is 35.5. The molecule has 11 heteroatoms. The van der Waals surface area contributed by atoms with Crippen molar-refractivity contribution in [3.8, 4) is 10.6 Å². The molecule has 1 amide bonds. The molecular formula is C18H17Cl2N3O3S3. The molecule has 2 heterocycles. The Morgan fingerprint density at radius 2 is 1.76 bits per heavy atom. The SMILES string of the molecule is O=C(Nc1nc(-c2cccs2)cs1)c1ccc(S(=O)(=O)N(CCCl)CCCl)cc1. The van der Waals surface area contributed by atoms with E-state index in [1.807, 2.05) is 22.9 Å². The second-order valence-electron chi connectivity index (χ2n) is 5.78. The molecule has 154 valence electrons. The van der Waals surface area contributed by atoms with Crippen molar-refractivity contribution in [2.45, 2.75) is 4.90 Å². The fourth-order valence-corrected chi connectivity index (χ4v) is 6.02. The van der Waals surface area contributed by atoms with Crippen LogP contribution in [0.25, 0.3) is 10.6 Å². The van der Waals surface area contributed by atoms with Crippen LogP contribution in [-0.2, 0) is 10.0 Å². The molecule has 6 nitrogen and oxygen atoms in total. The highest BCUT2D eigenvalue weighted by Gasteiger charge is 2.23. The second kappa shape index (κ2) is 10.0. The minimum Gasteiger partial charge on any atom is -0.298 e. The summed E-state index contributed by atoms with van der Waals surface area (Å²) >= 11 is 14.3. The van der Waals surface area contributed by atoms with Gasteiger partial charge in [0.05, 0.1) is 15.5 Å². The van der Waals surface area contributed by atoms with Gasteiger partial charge in [-0.05, 0) is 35.7 Å². The Balaban J connectivity index is 1.71. The van der Waals surface area contributed by atoms with Crippen molar-refractivity contribution in [3.05, 3.63) is 52.7 Å². The number of rotatable bonds is 9. The number of nitrogens with one attached hydrogen (secondary N) is 1. The van der Waals surface area contributed by atoms with Crippen LogP contribution in [0, 0.1) is 0 Å². The van der Waals surface area contributed by atoms with Gasteiger partial charge in [0.2, 0.25) is 10.0 Å². The van der Waals surface area contributed by atoms with E-state index in [1.165, 1.54) is 39.9 Å². The van der Waals surface area contributed by atoms with Gasteiger partial charge in [0.1, 0.15) is 0 Å². The minimum absolute atomic E-state index is 0.0820. The van der Waals surface area contributed by atoms with Gasteiger partial charge in [-0.3, -0.25) is 10.1 Å². The van der Waals surface area contributed by atoms with Gasteiger partial charge in [-0.25, -0.2) is 13.4 Å². The molecule has 0 unspecified atom stereocenters. The minimum atomic E-state index is -3.72. The molecule has 0 fully saturated rings. The number of thiazole rings is 1.